The van der Waals surface area contributed by atoms with Crippen LogP contribution in [-0.2, 0) is 14.8 Å². The highest BCUT2D eigenvalue weighted by atomic mass is 35.5. The number of carbonyl (C=O) groups excluding carboxylic acids is 1. The van der Waals surface area contributed by atoms with E-state index in [1.165, 1.54) is 16.4 Å². The number of rotatable bonds is 8. The molecule has 1 amide bonds. The van der Waals surface area contributed by atoms with Crippen molar-refractivity contribution in [2.45, 2.75) is 62.6 Å². The van der Waals surface area contributed by atoms with Gasteiger partial charge in [-0.15, -0.1) is 0 Å². The molecule has 0 aliphatic carbocycles. The number of halogens is 1. The zero-order valence-electron chi connectivity index (χ0n) is 18.1. The van der Waals surface area contributed by atoms with Crippen LogP contribution in [0.25, 0.3) is 0 Å². The Hall–Kier alpha value is -1.39. The van der Waals surface area contributed by atoms with Crippen molar-refractivity contribution in [3.05, 3.63) is 23.2 Å². The highest BCUT2D eigenvalue weighted by Crippen LogP contribution is 2.31. The molecule has 0 spiro atoms. The van der Waals surface area contributed by atoms with E-state index in [9.17, 15) is 13.2 Å². The van der Waals surface area contributed by atoms with Crippen LogP contribution in [0.1, 0.15) is 39.5 Å². The first-order chi connectivity index (χ1) is 14.7. The van der Waals surface area contributed by atoms with Gasteiger partial charge in [0.15, 0.2) is 0 Å². The normalized spacial score (nSPS) is 21.9. The molecule has 0 aromatic heterocycles. The van der Waals surface area contributed by atoms with Gasteiger partial charge in [0.25, 0.3) is 0 Å². The van der Waals surface area contributed by atoms with Crippen LogP contribution in [0.15, 0.2) is 23.1 Å². The van der Waals surface area contributed by atoms with Crippen molar-refractivity contribution in [1.29, 1.82) is 0 Å². The molecule has 0 bridgehead atoms. The number of hydrogen-bond donors (Lipinski definition) is 3. The van der Waals surface area contributed by atoms with Crippen LogP contribution in [0.2, 0.25) is 5.02 Å². The summed E-state index contributed by atoms with van der Waals surface area (Å²) in [5, 5.41) is 6.44. The van der Waals surface area contributed by atoms with Gasteiger partial charge in [0.2, 0.25) is 15.9 Å². The summed E-state index contributed by atoms with van der Waals surface area (Å²) in [4.78, 5) is 12.4. The monoisotopic (exact) mass is 472 g/mol. The molecule has 31 heavy (non-hydrogen) atoms. The molecular weight excluding hydrogens is 440 g/mol. The average Bonchev–Trinajstić information content (AvgIpc) is 3.19. The van der Waals surface area contributed by atoms with Crippen molar-refractivity contribution in [2.75, 3.05) is 26.2 Å². The van der Waals surface area contributed by atoms with E-state index in [0.29, 0.717) is 31.1 Å². The first-order valence-electron chi connectivity index (χ1n) is 10.9. The Labute approximate surface area is 189 Å². The summed E-state index contributed by atoms with van der Waals surface area (Å²) in [5.74, 6) is 0.575. The predicted octanol–water partition coefficient (Wildman–Crippen LogP) is 1.72. The lowest BCUT2D eigenvalue weighted by Crippen LogP contribution is -2.47. The van der Waals surface area contributed by atoms with Crippen molar-refractivity contribution in [2.24, 2.45) is 11.7 Å². The molecular formula is C21H33ClN4O4S. The molecule has 2 fully saturated rings. The van der Waals surface area contributed by atoms with Gasteiger partial charge >= 0.3 is 0 Å². The highest BCUT2D eigenvalue weighted by Gasteiger charge is 2.34. The van der Waals surface area contributed by atoms with Gasteiger partial charge in [-0.1, -0.05) is 25.4 Å². The molecule has 8 nitrogen and oxygen atoms in total. The molecule has 4 N–H and O–H groups in total. The molecule has 2 heterocycles. The summed E-state index contributed by atoms with van der Waals surface area (Å²) in [6, 6.07) is 3.76. The minimum atomic E-state index is -3.72. The fourth-order valence-electron chi connectivity index (χ4n) is 3.97. The highest BCUT2D eigenvalue weighted by molar-refractivity contribution is 7.89. The van der Waals surface area contributed by atoms with E-state index in [4.69, 9.17) is 22.1 Å². The molecule has 2 atom stereocenters. The van der Waals surface area contributed by atoms with E-state index in [0.717, 1.165) is 25.9 Å². The number of hydrogen-bond acceptors (Lipinski definition) is 6. The van der Waals surface area contributed by atoms with Crippen LogP contribution in [0.3, 0.4) is 0 Å². The van der Waals surface area contributed by atoms with Gasteiger partial charge in [-0.2, -0.15) is 4.31 Å². The number of piperidine rings is 1. The number of sulfonamides is 1. The lowest BCUT2D eigenvalue weighted by atomic mass is 10.0. The lowest BCUT2D eigenvalue weighted by molar-refractivity contribution is -0.123. The summed E-state index contributed by atoms with van der Waals surface area (Å²) in [7, 11) is -3.72. The minimum absolute atomic E-state index is 0.0752. The van der Waals surface area contributed by atoms with E-state index in [1.54, 1.807) is 6.07 Å². The largest absolute Gasteiger partial charge is 0.489 e. The van der Waals surface area contributed by atoms with Crippen molar-refractivity contribution < 1.29 is 17.9 Å². The molecule has 0 saturated carbocycles. The predicted molar refractivity (Wildman–Crippen MR) is 121 cm³/mol. The number of nitrogens with zero attached hydrogens (tertiary/aromatic N) is 1. The number of amides is 1. The van der Waals surface area contributed by atoms with Gasteiger partial charge in [-0.05, 0) is 62.9 Å². The van der Waals surface area contributed by atoms with Gasteiger partial charge in [0.1, 0.15) is 11.9 Å². The average molecular weight is 473 g/mol. The van der Waals surface area contributed by atoms with E-state index >= 15 is 0 Å². The fourth-order valence-corrected chi connectivity index (χ4v) is 5.78. The molecule has 1 aromatic rings. The zero-order chi connectivity index (χ0) is 22.6. The summed E-state index contributed by atoms with van der Waals surface area (Å²) < 4.78 is 33.5. The molecule has 1 aromatic carbocycles. The van der Waals surface area contributed by atoms with Crippen LogP contribution < -0.4 is 21.1 Å². The number of benzene rings is 1. The molecule has 0 unspecified atom stereocenters. The maximum atomic E-state index is 13.1. The zero-order valence-corrected chi connectivity index (χ0v) is 19.7. The third-order valence-corrected chi connectivity index (χ3v) is 7.84. The van der Waals surface area contributed by atoms with E-state index in [2.05, 4.69) is 10.6 Å². The van der Waals surface area contributed by atoms with E-state index in [1.807, 2.05) is 13.8 Å². The Bertz CT molecular complexity index is 874. The fraction of sp³-hybridized carbons (Fsp3) is 0.667. The van der Waals surface area contributed by atoms with Crippen LogP contribution in [-0.4, -0.2) is 63.0 Å². The molecule has 10 heteroatoms. The van der Waals surface area contributed by atoms with Crippen LogP contribution >= 0.6 is 11.6 Å². The second kappa shape index (κ2) is 10.5. The van der Waals surface area contributed by atoms with Gasteiger partial charge in [0, 0.05) is 19.1 Å². The molecule has 0 radical (unpaired) electrons. The summed E-state index contributed by atoms with van der Waals surface area (Å²) >= 11 is 6.34. The maximum Gasteiger partial charge on any atom is 0.243 e. The third kappa shape index (κ3) is 6.32. The van der Waals surface area contributed by atoms with E-state index in [-0.39, 0.29) is 34.5 Å². The van der Waals surface area contributed by atoms with Crippen molar-refractivity contribution in [3.8, 4) is 5.75 Å². The standard InChI is InChI=1S/C21H33ClN4O4S/c1-14(2)11-19(23)21(27)25-15-7-10-26(13-15)31(28,29)17-3-4-20(18(22)12-17)30-16-5-8-24-9-6-16/h3-4,12,14-16,19,24H,5-11,13,23H2,1-2H3,(H,25,27)/t15-,19-/m0/s1. The molecule has 3 rings (SSSR count). The molecule has 174 valence electrons. The Balaban J connectivity index is 1.61. The number of carbonyl (C=O) groups is 1. The third-order valence-electron chi connectivity index (χ3n) is 5.68. The number of nitrogens with two attached hydrogens (primary N) is 1. The number of ether oxygens (including phenoxy) is 1. The van der Waals surface area contributed by atoms with Gasteiger partial charge in [0.05, 0.1) is 16.0 Å². The van der Waals surface area contributed by atoms with Gasteiger partial charge in [-0.3, -0.25) is 4.79 Å². The van der Waals surface area contributed by atoms with Crippen LogP contribution in [0.4, 0.5) is 0 Å². The SMILES string of the molecule is CC(C)C[C@H](N)C(=O)N[C@H]1CCN(S(=O)(=O)c2ccc(OC3CCNCC3)c(Cl)c2)C1. The van der Waals surface area contributed by atoms with Crippen molar-refractivity contribution >= 4 is 27.5 Å². The van der Waals surface area contributed by atoms with Gasteiger partial charge < -0.3 is 21.1 Å². The Kier molecular flexibility index (Phi) is 8.20. The van der Waals surface area contributed by atoms with Crippen molar-refractivity contribution in [1.82, 2.24) is 14.9 Å². The number of nitrogens with one attached hydrogen (secondary N) is 2. The molecule has 2 saturated heterocycles. The van der Waals surface area contributed by atoms with Crippen LogP contribution in [0.5, 0.6) is 5.75 Å². The van der Waals surface area contributed by atoms with E-state index < -0.39 is 16.1 Å². The first-order valence-corrected chi connectivity index (χ1v) is 12.7. The summed E-state index contributed by atoms with van der Waals surface area (Å²) in [6.07, 6.45) is 2.98. The second-order valence-electron chi connectivity index (χ2n) is 8.75. The molecule has 2 aliphatic rings. The molecule has 2 aliphatic heterocycles. The van der Waals surface area contributed by atoms with Gasteiger partial charge in [-0.25, -0.2) is 8.42 Å². The summed E-state index contributed by atoms with van der Waals surface area (Å²) in [6.45, 7) is 6.34. The Morgan fingerprint density at radius 1 is 1.32 bits per heavy atom. The lowest BCUT2D eigenvalue weighted by Gasteiger charge is -2.24. The maximum absolute atomic E-state index is 13.1. The minimum Gasteiger partial charge on any atom is -0.489 e. The second-order valence-corrected chi connectivity index (χ2v) is 11.1. The quantitative estimate of drug-likeness (QED) is 0.531. The topological polar surface area (TPSA) is 114 Å². The van der Waals surface area contributed by atoms with Crippen LogP contribution in [0, 0.1) is 5.92 Å². The summed E-state index contributed by atoms with van der Waals surface area (Å²) in [5.41, 5.74) is 5.93. The first kappa shape index (κ1) is 24.3. The Morgan fingerprint density at radius 3 is 2.68 bits per heavy atom. The Morgan fingerprint density at radius 2 is 2.03 bits per heavy atom. The van der Waals surface area contributed by atoms with Crippen molar-refractivity contribution in [3.63, 3.8) is 0 Å². The smallest absolute Gasteiger partial charge is 0.243 e.